The maximum absolute atomic E-state index is 10.3. The molecule has 0 rings (SSSR count). The van der Waals surface area contributed by atoms with Gasteiger partial charge >= 0.3 is 8.03 Å². The second-order valence-corrected chi connectivity index (χ2v) is 2.39. The number of hydrogen-bond acceptors (Lipinski definition) is 3. The molecule has 0 aliphatic carbocycles. The van der Waals surface area contributed by atoms with E-state index >= 15 is 0 Å². The SMILES string of the molecule is CCO[P+](=O)CC=O. The minimum absolute atomic E-state index is 0.0170. The number of aldehydes is 1. The van der Waals surface area contributed by atoms with Crippen molar-refractivity contribution in [3.05, 3.63) is 0 Å². The zero-order chi connectivity index (χ0) is 6.41. The highest BCUT2D eigenvalue weighted by Gasteiger charge is 2.12. The minimum atomic E-state index is -1.70. The zero-order valence-electron chi connectivity index (χ0n) is 4.66. The molecule has 0 aliphatic heterocycles. The summed E-state index contributed by atoms with van der Waals surface area (Å²) in [7, 11) is -1.70. The molecule has 0 radical (unpaired) electrons. The maximum atomic E-state index is 10.3. The van der Waals surface area contributed by atoms with E-state index in [1.54, 1.807) is 6.92 Å². The molecule has 0 heterocycles. The Morgan fingerprint density at radius 1 is 1.75 bits per heavy atom. The average molecular weight is 135 g/mol. The van der Waals surface area contributed by atoms with Crippen molar-refractivity contribution in [1.29, 1.82) is 0 Å². The van der Waals surface area contributed by atoms with E-state index in [0.29, 0.717) is 12.9 Å². The van der Waals surface area contributed by atoms with Crippen LogP contribution in [0.1, 0.15) is 6.92 Å². The third-order valence-electron chi connectivity index (χ3n) is 0.497. The Morgan fingerprint density at radius 3 is 2.75 bits per heavy atom. The van der Waals surface area contributed by atoms with Crippen LogP contribution < -0.4 is 0 Å². The van der Waals surface area contributed by atoms with Crippen molar-refractivity contribution < 1.29 is 13.9 Å². The van der Waals surface area contributed by atoms with Gasteiger partial charge in [-0.2, -0.15) is 0 Å². The van der Waals surface area contributed by atoms with Crippen molar-refractivity contribution in [2.75, 3.05) is 12.8 Å². The van der Waals surface area contributed by atoms with Crippen LogP contribution in [0.2, 0.25) is 0 Å². The molecule has 0 aliphatic rings. The van der Waals surface area contributed by atoms with Crippen LogP contribution >= 0.6 is 8.03 Å². The van der Waals surface area contributed by atoms with Gasteiger partial charge in [0.05, 0.1) is 6.61 Å². The normalized spacial score (nSPS) is 10.9. The molecule has 0 spiro atoms. The number of rotatable bonds is 4. The van der Waals surface area contributed by atoms with E-state index in [0.717, 1.165) is 0 Å². The van der Waals surface area contributed by atoms with Crippen molar-refractivity contribution in [2.24, 2.45) is 0 Å². The molecule has 0 fully saturated rings. The van der Waals surface area contributed by atoms with E-state index < -0.39 is 8.03 Å². The van der Waals surface area contributed by atoms with Crippen LogP contribution in [0.3, 0.4) is 0 Å². The topological polar surface area (TPSA) is 43.4 Å². The van der Waals surface area contributed by atoms with Gasteiger partial charge in [0.2, 0.25) is 6.16 Å². The second kappa shape index (κ2) is 4.88. The Kier molecular flexibility index (Phi) is 4.71. The monoisotopic (exact) mass is 135 g/mol. The van der Waals surface area contributed by atoms with Gasteiger partial charge in [-0.1, -0.05) is 0 Å². The van der Waals surface area contributed by atoms with Crippen LogP contribution in [-0.4, -0.2) is 19.1 Å². The van der Waals surface area contributed by atoms with Crippen molar-refractivity contribution in [3.8, 4) is 0 Å². The molecule has 46 valence electrons. The van der Waals surface area contributed by atoms with Crippen molar-refractivity contribution >= 4 is 14.3 Å². The van der Waals surface area contributed by atoms with Crippen molar-refractivity contribution in [2.45, 2.75) is 6.92 Å². The molecule has 0 aromatic carbocycles. The first-order valence-electron chi connectivity index (χ1n) is 2.32. The van der Waals surface area contributed by atoms with Gasteiger partial charge in [0.1, 0.15) is 0 Å². The molecule has 0 amide bonds. The first-order valence-corrected chi connectivity index (χ1v) is 3.68. The maximum Gasteiger partial charge on any atom is 0.515 e. The van der Waals surface area contributed by atoms with Crippen LogP contribution in [0, 0.1) is 0 Å². The van der Waals surface area contributed by atoms with Crippen LogP contribution in [0.25, 0.3) is 0 Å². The first kappa shape index (κ1) is 7.73. The lowest BCUT2D eigenvalue weighted by Crippen LogP contribution is -1.82. The fourth-order valence-electron chi connectivity index (χ4n) is 0.258. The van der Waals surface area contributed by atoms with Crippen molar-refractivity contribution in [1.82, 2.24) is 0 Å². The summed E-state index contributed by atoms with van der Waals surface area (Å²) < 4.78 is 14.9. The molecule has 0 saturated heterocycles. The molecule has 0 aromatic rings. The van der Waals surface area contributed by atoms with E-state index in [9.17, 15) is 9.36 Å². The van der Waals surface area contributed by atoms with Crippen molar-refractivity contribution in [3.63, 3.8) is 0 Å². The summed E-state index contributed by atoms with van der Waals surface area (Å²) in [4.78, 5) is 9.63. The standard InChI is InChI=1S/C4H8O3P/c1-2-7-8(6)4-3-5/h3H,2,4H2,1H3/q+1. The molecule has 4 heteroatoms. The summed E-state index contributed by atoms with van der Waals surface area (Å²) in [5, 5.41) is 0. The van der Waals surface area contributed by atoms with E-state index in [2.05, 4.69) is 4.52 Å². The van der Waals surface area contributed by atoms with E-state index in [-0.39, 0.29) is 6.16 Å². The molecule has 3 nitrogen and oxygen atoms in total. The molecule has 8 heavy (non-hydrogen) atoms. The van der Waals surface area contributed by atoms with E-state index in [1.165, 1.54) is 0 Å². The van der Waals surface area contributed by atoms with Gasteiger partial charge in [-0.05, 0) is 11.5 Å². The Balaban J connectivity index is 3.18. The van der Waals surface area contributed by atoms with Gasteiger partial charge < -0.3 is 0 Å². The predicted octanol–water partition coefficient (Wildman–Crippen LogP) is 0.964. The second-order valence-electron chi connectivity index (χ2n) is 1.10. The lowest BCUT2D eigenvalue weighted by Gasteiger charge is -1.75. The molecule has 1 atom stereocenters. The number of carbonyl (C=O) groups is 1. The van der Waals surface area contributed by atoms with Gasteiger partial charge in [-0.15, -0.1) is 4.52 Å². The Morgan fingerprint density at radius 2 is 2.38 bits per heavy atom. The fourth-order valence-corrected chi connectivity index (χ4v) is 0.773. The minimum Gasteiger partial charge on any atom is -0.298 e. The summed E-state index contributed by atoms with van der Waals surface area (Å²) in [5.74, 6) is 0. The molecule has 0 aromatic heterocycles. The van der Waals surface area contributed by atoms with Gasteiger partial charge in [0.15, 0.2) is 6.29 Å². The van der Waals surface area contributed by atoms with Crippen LogP contribution in [0.5, 0.6) is 0 Å². The van der Waals surface area contributed by atoms with Gasteiger partial charge in [0, 0.05) is 0 Å². The summed E-state index contributed by atoms with van der Waals surface area (Å²) >= 11 is 0. The van der Waals surface area contributed by atoms with E-state index in [1.807, 2.05) is 0 Å². The van der Waals surface area contributed by atoms with Crippen LogP contribution in [-0.2, 0) is 13.9 Å². The fraction of sp³-hybridized carbons (Fsp3) is 0.750. The van der Waals surface area contributed by atoms with E-state index in [4.69, 9.17) is 0 Å². The highest BCUT2D eigenvalue weighted by molar-refractivity contribution is 7.40. The van der Waals surface area contributed by atoms with Gasteiger partial charge in [-0.25, -0.2) is 0 Å². The lowest BCUT2D eigenvalue weighted by atomic mass is 10.9. The summed E-state index contributed by atoms with van der Waals surface area (Å²) in [6.07, 6.45) is 0.609. The lowest BCUT2D eigenvalue weighted by molar-refractivity contribution is -0.105. The molecule has 1 unspecified atom stereocenters. The predicted molar refractivity (Wildman–Crippen MR) is 30.2 cm³/mol. The number of carbonyl (C=O) groups excluding carboxylic acids is 1. The molecule has 0 bridgehead atoms. The molecule has 0 saturated carbocycles. The van der Waals surface area contributed by atoms with Gasteiger partial charge in [-0.3, -0.25) is 4.79 Å². The first-order chi connectivity index (χ1) is 3.81. The summed E-state index contributed by atoms with van der Waals surface area (Å²) in [6, 6.07) is 0. The Hall–Kier alpha value is -0.270. The highest BCUT2D eigenvalue weighted by atomic mass is 31.1. The van der Waals surface area contributed by atoms with Crippen LogP contribution in [0.4, 0.5) is 0 Å². The van der Waals surface area contributed by atoms with Crippen LogP contribution in [0.15, 0.2) is 0 Å². The average Bonchev–Trinajstić information content (AvgIpc) is 1.68. The Bertz CT molecular complexity index is 91.3. The Labute approximate surface area is 48.9 Å². The largest absolute Gasteiger partial charge is 0.515 e. The quantitative estimate of drug-likeness (QED) is 0.426. The molecular formula is C4H8O3P+. The third kappa shape index (κ3) is 3.90. The smallest absolute Gasteiger partial charge is 0.298 e. The molecule has 0 N–H and O–H groups in total. The summed E-state index contributed by atoms with van der Waals surface area (Å²) in [6.45, 7) is 2.14. The zero-order valence-corrected chi connectivity index (χ0v) is 5.56. The third-order valence-corrected chi connectivity index (χ3v) is 1.49. The molecular weight excluding hydrogens is 127 g/mol. The number of hydrogen-bond donors (Lipinski definition) is 0. The van der Waals surface area contributed by atoms with Gasteiger partial charge in [0.25, 0.3) is 0 Å². The summed E-state index contributed by atoms with van der Waals surface area (Å²) in [5.41, 5.74) is 0. The highest BCUT2D eigenvalue weighted by Crippen LogP contribution is 2.18.